The number of carbonyl (C=O) groups excluding carboxylic acids is 2. The van der Waals surface area contributed by atoms with Crippen LogP contribution in [0.25, 0.3) is 0 Å². The number of rotatable bonds is 12. The van der Waals surface area contributed by atoms with Gasteiger partial charge in [-0.05, 0) is 36.1 Å². The Bertz CT molecular complexity index is 984. The van der Waals surface area contributed by atoms with Crippen LogP contribution in [0.1, 0.15) is 17.5 Å². The summed E-state index contributed by atoms with van der Waals surface area (Å²) in [6.45, 7) is -0.366. The number of methoxy groups -OCH3 is 3. The third-order valence-electron chi connectivity index (χ3n) is 4.79. The first-order valence-electron chi connectivity index (χ1n) is 10.1. The third kappa shape index (κ3) is 8.22. The second-order valence-corrected chi connectivity index (χ2v) is 9.41. The molecule has 0 saturated carbocycles. The predicted molar refractivity (Wildman–Crippen MR) is 120 cm³/mol. The van der Waals surface area contributed by atoms with E-state index in [1.54, 1.807) is 18.2 Å². The van der Waals surface area contributed by atoms with Gasteiger partial charge in [-0.15, -0.1) is 0 Å². The summed E-state index contributed by atoms with van der Waals surface area (Å²) < 4.78 is 40.2. The zero-order valence-electron chi connectivity index (χ0n) is 18.6. The van der Waals surface area contributed by atoms with E-state index in [2.05, 4.69) is 4.74 Å². The first kappa shape index (κ1) is 25.2. The molecule has 8 nitrogen and oxygen atoms in total. The van der Waals surface area contributed by atoms with Gasteiger partial charge in [0, 0.05) is 12.6 Å². The van der Waals surface area contributed by atoms with Crippen molar-refractivity contribution in [2.24, 2.45) is 0 Å². The summed E-state index contributed by atoms with van der Waals surface area (Å²) in [5, 5.41) is 0. The molecule has 2 aromatic rings. The van der Waals surface area contributed by atoms with Gasteiger partial charge in [0.1, 0.15) is 23.8 Å². The minimum atomic E-state index is -3.65. The highest BCUT2D eigenvalue weighted by molar-refractivity contribution is 7.92. The van der Waals surface area contributed by atoms with Crippen molar-refractivity contribution >= 4 is 21.7 Å². The van der Waals surface area contributed by atoms with Gasteiger partial charge in [-0.25, -0.2) is 8.42 Å². The fraction of sp³-hybridized carbons (Fsp3) is 0.391. The van der Waals surface area contributed by atoms with Crippen molar-refractivity contribution in [3.63, 3.8) is 0 Å². The maximum atomic E-state index is 12.8. The topological polar surface area (TPSA) is 99.2 Å². The van der Waals surface area contributed by atoms with E-state index in [1.165, 1.54) is 21.3 Å². The molecular formula is C23H29NO7S. The molecular weight excluding hydrogens is 434 g/mol. The molecule has 0 fully saturated rings. The van der Waals surface area contributed by atoms with E-state index in [1.807, 2.05) is 30.3 Å². The van der Waals surface area contributed by atoms with Gasteiger partial charge in [-0.2, -0.15) is 0 Å². The van der Waals surface area contributed by atoms with Crippen LogP contribution in [0.5, 0.6) is 11.5 Å². The monoisotopic (exact) mass is 463 g/mol. The van der Waals surface area contributed by atoms with Crippen molar-refractivity contribution in [3.8, 4) is 11.5 Å². The fourth-order valence-electron chi connectivity index (χ4n) is 3.12. The number of amides is 1. The molecule has 174 valence electrons. The van der Waals surface area contributed by atoms with Crippen molar-refractivity contribution in [2.75, 3.05) is 39.4 Å². The smallest absolute Gasteiger partial charge is 0.325 e. The van der Waals surface area contributed by atoms with E-state index in [9.17, 15) is 18.0 Å². The van der Waals surface area contributed by atoms with E-state index in [-0.39, 0.29) is 18.8 Å². The normalized spacial score (nSPS) is 11.0. The second kappa shape index (κ2) is 12.1. The standard InChI is InChI=1S/C23H29NO7S/c1-29-20-12-19(13-21(14-20)30-2)15-24(16-23(26)31-3)22(25)17-32(27,28)11-7-10-18-8-5-4-6-9-18/h4-6,8-9,12-14H,7,10-11,15-17H2,1-3H3. The first-order valence-corrected chi connectivity index (χ1v) is 11.9. The number of nitrogens with zero attached hydrogens (tertiary/aromatic N) is 1. The molecule has 0 atom stereocenters. The molecule has 9 heteroatoms. The zero-order valence-corrected chi connectivity index (χ0v) is 19.4. The minimum Gasteiger partial charge on any atom is -0.497 e. The summed E-state index contributed by atoms with van der Waals surface area (Å²) in [6, 6.07) is 14.6. The number of sulfone groups is 1. The number of carbonyl (C=O) groups is 2. The van der Waals surface area contributed by atoms with Crippen molar-refractivity contribution in [1.29, 1.82) is 0 Å². The van der Waals surface area contributed by atoms with E-state index in [0.717, 1.165) is 10.5 Å². The Balaban J connectivity index is 2.08. The van der Waals surface area contributed by atoms with Crippen LogP contribution >= 0.6 is 0 Å². The summed E-state index contributed by atoms with van der Waals surface area (Å²) in [5.74, 6) is -1.09. The van der Waals surface area contributed by atoms with Crippen molar-refractivity contribution in [3.05, 3.63) is 59.7 Å². The summed E-state index contributed by atoms with van der Waals surface area (Å²) in [4.78, 5) is 25.8. The van der Waals surface area contributed by atoms with Crippen LogP contribution in [-0.4, -0.2) is 64.6 Å². The highest BCUT2D eigenvalue weighted by Gasteiger charge is 2.24. The molecule has 0 saturated heterocycles. The molecule has 0 aliphatic carbocycles. The Kier molecular flexibility index (Phi) is 9.52. The summed E-state index contributed by atoms with van der Waals surface area (Å²) in [5.41, 5.74) is 1.66. The predicted octanol–water partition coefficient (Wildman–Crippen LogP) is 2.25. The maximum absolute atomic E-state index is 12.8. The average Bonchev–Trinajstić information content (AvgIpc) is 2.78. The fourth-order valence-corrected chi connectivity index (χ4v) is 4.41. The zero-order chi connectivity index (χ0) is 23.6. The lowest BCUT2D eigenvalue weighted by molar-refractivity contribution is -0.146. The number of hydrogen-bond donors (Lipinski definition) is 0. The summed E-state index contributed by atoms with van der Waals surface area (Å²) >= 11 is 0. The van der Waals surface area contributed by atoms with Crippen molar-refractivity contribution < 1.29 is 32.2 Å². The first-order chi connectivity index (χ1) is 15.3. The van der Waals surface area contributed by atoms with E-state index >= 15 is 0 Å². The molecule has 0 bridgehead atoms. The Morgan fingerprint density at radius 3 is 2.09 bits per heavy atom. The Labute approximate surface area is 189 Å². The van der Waals surface area contributed by atoms with Crippen molar-refractivity contribution in [2.45, 2.75) is 19.4 Å². The molecule has 0 N–H and O–H groups in total. The van der Waals surface area contributed by atoms with Crippen LogP contribution in [0, 0.1) is 0 Å². The second-order valence-electron chi connectivity index (χ2n) is 7.23. The van der Waals surface area contributed by atoms with Gasteiger partial charge >= 0.3 is 5.97 Å². The molecule has 2 rings (SSSR count). The van der Waals surface area contributed by atoms with Crippen LogP contribution < -0.4 is 9.47 Å². The largest absolute Gasteiger partial charge is 0.497 e. The van der Waals surface area contributed by atoms with Crippen LogP contribution in [0.3, 0.4) is 0 Å². The molecule has 0 unspecified atom stereocenters. The lowest BCUT2D eigenvalue weighted by atomic mass is 10.1. The highest BCUT2D eigenvalue weighted by Crippen LogP contribution is 2.23. The summed E-state index contributed by atoms with van der Waals surface area (Å²) in [6.07, 6.45) is 1.01. The van der Waals surface area contributed by atoms with Gasteiger partial charge in [-0.1, -0.05) is 30.3 Å². The van der Waals surface area contributed by atoms with Gasteiger partial charge in [0.2, 0.25) is 5.91 Å². The third-order valence-corrected chi connectivity index (χ3v) is 6.39. The van der Waals surface area contributed by atoms with Crippen LogP contribution in [-0.2, 0) is 37.1 Å². The molecule has 0 spiro atoms. The SMILES string of the molecule is COC(=O)CN(Cc1cc(OC)cc(OC)c1)C(=O)CS(=O)(=O)CCCc1ccccc1. The lowest BCUT2D eigenvalue weighted by Gasteiger charge is -2.22. The van der Waals surface area contributed by atoms with Gasteiger partial charge in [-0.3, -0.25) is 9.59 Å². The maximum Gasteiger partial charge on any atom is 0.325 e. The number of hydrogen-bond acceptors (Lipinski definition) is 7. The molecule has 0 aromatic heterocycles. The Morgan fingerprint density at radius 1 is 0.906 bits per heavy atom. The minimum absolute atomic E-state index is 0.00102. The molecule has 0 aliphatic heterocycles. The molecule has 1 amide bonds. The van der Waals surface area contributed by atoms with Gasteiger partial charge < -0.3 is 19.1 Å². The molecule has 0 heterocycles. The van der Waals surface area contributed by atoms with Gasteiger partial charge in [0.15, 0.2) is 9.84 Å². The van der Waals surface area contributed by atoms with Gasteiger partial charge in [0.25, 0.3) is 0 Å². The van der Waals surface area contributed by atoms with E-state index in [4.69, 9.17) is 9.47 Å². The molecule has 32 heavy (non-hydrogen) atoms. The number of aryl methyl sites for hydroxylation is 1. The Morgan fingerprint density at radius 2 is 1.53 bits per heavy atom. The highest BCUT2D eigenvalue weighted by atomic mass is 32.2. The van der Waals surface area contributed by atoms with Crippen LogP contribution in [0.15, 0.2) is 48.5 Å². The number of ether oxygens (including phenoxy) is 3. The molecule has 2 aromatic carbocycles. The van der Waals surface area contributed by atoms with Gasteiger partial charge in [0.05, 0.1) is 27.1 Å². The van der Waals surface area contributed by atoms with Crippen LogP contribution in [0.2, 0.25) is 0 Å². The van der Waals surface area contributed by atoms with Crippen LogP contribution in [0.4, 0.5) is 0 Å². The van der Waals surface area contributed by atoms with E-state index in [0.29, 0.717) is 29.9 Å². The Hall–Kier alpha value is -3.07. The molecule has 0 aliphatic rings. The quantitative estimate of drug-likeness (QED) is 0.445. The number of esters is 1. The molecule has 0 radical (unpaired) electrons. The summed E-state index contributed by atoms with van der Waals surface area (Å²) in [7, 11) is 0.555. The van der Waals surface area contributed by atoms with Crippen molar-refractivity contribution in [1.82, 2.24) is 4.90 Å². The average molecular weight is 464 g/mol. The lowest BCUT2D eigenvalue weighted by Crippen LogP contribution is -2.39. The van der Waals surface area contributed by atoms with E-state index < -0.39 is 27.5 Å². The number of benzene rings is 2.